The molecule has 1 heterocycles. The number of para-hydroxylation sites is 1. The quantitative estimate of drug-likeness (QED) is 0.882. The molecule has 1 unspecified atom stereocenters. The van der Waals surface area contributed by atoms with Crippen LogP contribution in [0.5, 0.6) is 0 Å². The molecule has 1 amide bonds. The largest absolute Gasteiger partial charge is 0.325 e. The maximum Gasteiger partial charge on any atom is 0.228 e. The van der Waals surface area contributed by atoms with E-state index in [4.69, 9.17) is 0 Å². The minimum atomic E-state index is 0.107. The van der Waals surface area contributed by atoms with Crippen LogP contribution >= 0.6 is 0 Å². The molecule has 0 saturated carbocycles. The van der Waals surface area contributed by atoms with Crippen LogP contribution in [-0.2, 0) is 4.79 Å². The number of rotatable bonds is 4. The van der Waals surface area contributed by atoms with Crippen molar-refractivity contribution in [2.45, 2.75) is 46.0 Å². The van der Waals surface area contributed by atoms with E-state index >= 15 is 0 Å². The van der Waals surface area contributed by atoms with Crippen LogP contribution in [0.1, 0.15) is 57.1 Å². The fraction of sp³-hybridized carbons (Fsp3) is 0.588. The second-order valence-corrected chi connectivity index (χ2v) is 6.30. The third-order valence-corrected chi connectivity index (χ3v) is 4.05. The van der Waals surface area contributed by atoms with Gasteiger partial charge >= 0.3 is 0 Å². The Morgan fingerprint density at radius 3 is 2.25 bits per heavy atom. The zero-order chi connectivity index (χ0) is 14.7. The number of anilines is 1. The fourth-order valence-corrected chi connectivity index (χ4v) is 2.80. The summed E-state index contributed by atoms with van der Waals surface area (Å²) in [6.07, 6.45) is 0.937. The van der Waals surface area contributed by atoms with Crippen LogP contribution < -0.4 is 10.6 Å². The van der Waals surface area contributed by atoms with Crippen molar-refractivity contribution < 1.29 is 4.79 Å². The Morgan fingerprint density at radius 2 is 1.80 bits per heavy atom. The summed E-state index contributed by atoms with van der Waals surface area (Å²) < 4.78 is 0. The molecule has 1 aliphatic rings. The molecule has 3 heteroatoms. The highest BCUT2D eigenvalue weighted by molar-refractivity contribution is 5.94. The Hall–Kier alpha value is -1.35. The minimum absolute atomic E-state index is 0.107. The Morgan fingerprint density at radius 1 is 1.20 bits per heavy atom. The van der Waals surface area contributed by atoms with E-state index in [1.807, 2.05) is 0 Å². The van der Waals surface area contributed by atoms with Crippen molar-refractivity contribution >= 4 is 11.6 Å². The van der Waals surface area contributed by atoms with Gasteiger partial charge in [-0.1, -0.05) is 45.9 Å². The number of hydrogen-bond acceptors (Lipinski definition) is 2. The van der Waals surface area contributed by atoms with E-state index in [9.17, 15) is 4.79 Å². The lowest BCUT2D eigenvalue weighted by atomic mass is 9.92. The minimum Gasteiger partial charge on any atom is -0.325 e. The number of benzene rings is 1. The van der Waals surface area contributed by atoms with Gasteiger partial charge in [-0.15, -0.1) is 0 Å². The first-order valence-corrected chi connectivity index (χ1v) is 7.65. The van der Waals surface area contributed by atoms with Crippen LogP contribution in [0.2, 0.25) is 0 Å². The maximum atomic E-state index is 12.4. The normalized spacial score (nSPS) is 18.8. The van der Waals surface area contributed by atoms with Gasteiger partial charge in [0, 0.05) is 12.2 Å². The van der Waals surface area contributed by atoms with Gasteiger partial charge < -0.3 is 10.6 Å². The predicted molar refractivity (Wildman–Crippen MR) is 84.2 cm³/mol. The molecule has 20 heavy (non-hydrogen) atoms. The molecular weight excluding hydrogens is 248 g/mol. The van der Waals surface area contributed by atoms with Crippen molar-refractivity contribution in [2.24, 2.45) is 5.92 Å². The third kappa shape index (κ3) is 3.21. The SMILES string of the molecule is CC(C)c1cccc(C(C)C)c1NC(=O)C1CCNC1. The lowest BCUT2D eigenvalue weighted by Gasteiger charge is -2.21. The van der Waals surface area contributed by atoms with E-state index in [-0.39, 0.29) is 11.8 Å². The number of amides is 1. The summed E-state index contributed by atoms with van der Waals surface area (Å²) in [7, 11) is 0. The van der Waals surface area contributed by atoms with Crippen LogP contribution in [0.3, 0.4) is 0 Å². The second-order valence-electron chi connectivity index (χ2n) is 6.30. The summed E-state index contributed by atoms with van der Waals surface area (Å²) in [5.74, 6) is 1.08. The molecule has 1 atom stereocenters. The Labute approximate surface area is 122 Å². The van der Waals surface area contributed by atoms with Crippen LogP contribution in [0.25, 0.3) is 0 Å². The number of carbonyl (C=O) groups excluding carboxylic acids is 1. The number of nitrogens with one attached hydrogen (secondary N) is 2. The zero-order valence-corrected chi connectivity index (χ0v) is 13.0. The van der Waals surface area contributed by atoms with Crippen molar-refractivity contribution in [1.29, 1.82) is 0 Å². The van der Waals surface area contributed by atoms with Crippen LogP contribution in [-0.4, -0.2) is 19.0 Å². The third-order valence-electron chi connectivity index (χ3n) is 4.05. The zero-order valence-electron chi connectivity index (χ0n) is 13.0. The average molecular weight is 274 g/mol. The summed E-state index contributed by atoms with van der Waals surface area (Å²) in [4.78, 5) is 12.4. The summed E-state index contributed by atoms with van der Waals surface area (Å²) in [6.45, 7) is 10.4. The van der Waals surface area contributed by atoms with Gasteiger partial charge in [0.25, 0.3) is 0 Å². The molecule has 1 aliphatic heterocycles. The van der Waals surface area contributed by atoms with Crippen molar-refractivity contribution in [1.82, 2.24) is 5.32 Å². The fourth-order valence-electron chi connectivity index (χ4n) is 2.80. The highest BCUT2D eigenvalue weighted by atomic mass is 16.1. The highest BCUT2D eigenvalue weighted by Gasteiger charge is 2.24. The molecule has 0 bridgehead atoms. The summed E-state index contributed by atoms with van der Waals surface area (Å²) in [6, 6.07) is 6.34. The molecule has 1 aromatic rings. The first-order valence-electron chi connectivity index (χ1n) is 7.65. The van der Waals surface area contributed by atoms with Gasteiger partial charge in [0.05, 0.1) is 5.92 Å². The Bertz CT molecular complexity index is 448. The summed E-state index contributed by atoms with van der Waals surface area (Å²) in [5.41, 5.74) is 3.50. The van der Waals surface area contributed by atoms with Gasteiger partial charge in [-0.3, -0.25) is 4.79 Å². The molecule has 3 nitrogen and oxygen atoms in total. The first kappa shape index (κ1) is 15.0. The van der Waals surface area contributed by atoms with E-state index < -0.39 is 0 Å². The first-order chi connectivity index (χ1) is 9.50. The van der Waals surface area contributed by atoms with Gasteiger partial charge in [-0.05, 0) is 35.9 Å². The molecule has 0 aromatic heterocycles. The maximum absolute atomic E-state index is 12.4. The van der Waals surface area contributed by atoms with E-state index in [0.717, 1.165) is 25.2 Å². The second kappa shape index (κ2) is 6.40. The van der Waals surface area contributed by atoms with Crippen molar-refractivity contribution in [3.05, 3.63) is 29.3 Å². The molecule has 0 radical (unpaired) electrons. The van der Waals surface area contributed by atoms with Crippen LogP contribution in [0.4, 0.5) is 5.69 Å². The molecule has 1 saturated heterocycles. The Balaban J connectivity index is 2.30. The predicted octanol–water partition coefficient (Wildman–Crippen LogP) is 3.48. The molecule has 0 spiro atoms. The summed E-state index contributed by atoms with van der Waals surface area (Å²) >= 11 is 0. The number of carbonyl (C=O) groups is 1. The lowest BCUT2D eigenvalue weighted by molar-refractivity contribution is -0.119. The standard InChI is InChI=1S/C17H26N2O/c1-11(2)14-6-5-7-15(12(3)4)16(14)19-17(20)13-8-9-18-10-13/h5-7,11-13,18H,8-10H2,1-4H3,(H,19,20). The molecule has 0 aliphatic carbocycles. The molecule has 2 rings (SSSR count). The van der Waals surface area contributed by atoms with Gasteiger partial charge in [0.2, 0.25) is 5.91 Å². The highest BCUT2D eigenvalue weighted by Crippen LogP contribution is 2.32. The molecular formula is C17H26N2O. The van der Waals surface area contributed by atoms with E-state index in [1.165, 1.54) is 11.1 Å². The summed E-state index contributed by atoms with van der Waals surface area (Å²) in [5, 5.41) is 6.46. The van der Waals surface area contributed by atoms with E-state index in [2.05, 4.69) is 56.5 Å². The van der Waals surface area contributed by atoms with Crippen molar-refractivity contribution in [3.63, 3.8) is 0 Å². The molecule has 110 valence electrons. The monoisotopic (exact) mass is 274 g/mol. The van der Waals surface area contributed by atoms with Gasteiger partial charge in [0.1, 0.15) is 0 Å². The molecule has 1 aromatic carbocycles. The van der Waals surface area contributed by atoms with Crippen molar-refractivity contribution in [2.75, 3.05) is 18.4 Å². The lowest BCUT2D eigenvalue weighted by Crippen LogP contribution is -2.26. The molecule has 1 fully saturated rings. The topological polar surface area (TPSA) is 41.1 Å². The number of hydrogen-bond donors (Lipinski definition) is 2. The van der Waals surface area contributed by atoms with Gasteiger partial charge in [-0.2, -0.15) is 0 Å². The molecule has 2 N–H and O–H groups in total. The smallest absolute Gasteiger partial charge is 0.228 e. The van der Waals surface area contributed by atoms with Crippen molar-refractivity contribution in [3.8, 4) is 0 Å². The van der Waals surface area contributed by atoms with E-state index in [0.29, 0.717) is 11.8 Å². The average Bonchev–Trinajstić information content (AvgIpc) is 2.92. The van der Waals surface area contributed by atoms with Crippen LogP contribution in [0, 0.1) is 5.92 Å². The Kier molecular flexibility index (Phi) is 4.81. The van der Waals surface area contributed by atoms with E-state index in [1.54, 1.807) is 0 Å². The van der Waals surface area contributed by atoms with Crippen LogP contribution in [0.15, 0.2) is 18.2 Å². The van der Waals surface area contributed by atoms with Gasteiger partial charge in [0.15, 0.2) is 0 Å². The van der Waals surface area contributed by atoms with Gasteiger partial charge in [-0.25, -0.2) is 0 Å².